The summed E-state index contributed by atoms with van der Waals surface area (Å²) in [7, 11) is 0. The van der Waals surface area contributed by atoms with Crippen molar-refractivity contribution in [3.8, 4) is 0 Å². The summed E-state index contributed by atoms with van der Waals surface area (Å²) < 4.78 is 5.53. The van der Waals surface area contributed by atoms with Crippen LogP contribution in [0.1, 0.15) is 37.0 Å². The Morgan fingerprint density at radius 2 is 1.84 bits per heavy atom. The molecule has 132 valence electrons. The van der Waals surface area contributed by atoms with E-state index in [0.29, 0.717) is 18.6 Å². The van der Waals surface area contributed by atoms with Crippen LogP contribution < -0.4 is 15.5 Å². The number of hydrogen-bond donors (Lipinski definition) is 3. The predicted molar refractivity (Wildman–Crippen MR) is 95.0 cm³/mol. The Labute approximate surface area is 148 Å². The monoisotopic (exact) mass is 340 g/mol. The van der Waals surface area contributed by atoms with Gasteiger partial charge in [0.1, 0.15) is 6.54 Å². The average molecular weight is 340 g/mol. The van der Waals surface area contributed by atoms with E-state index in [9.17, 15) is 4.79 Å². The Hall–Kier alpha value is -2.27. The zero-order chi connectivity index (χ0) is 17.1. The molecule has 4 rings (SSSR count). The summed E-state index contributed by atoms with van der Waals surface area (Å²) in [5, 5.41) is 6.15. The molecule has 3 heterocycles. The summed E-state index contributed by atoms with van der Waals surface area (Å²) in [4.78, 5) is 13.8. The third-order valence-corrected chi connectivity index (χ3v) is 5.64. The van der Waals surface area contributed by atoms with E-state index in [0.717, 1.165) is 30.7 Å². The number of quaternary nitrogens is 1. The topological polar surface area (TPSA) is 58.7 Å². The molecular formula is C20H26N3O2+. The van der Waals surface area contributed by atoms with Gasteiger partial charge in [-0.05, 0) is 17.7 Å². The molecule has 2 bridgehead atoms. The number of carbonyl (C=O) groups excluding carboxylic acids is 1. The van der Waals surface area contributed by atoms with Crippen LogP contribution in [-0.4, -0.2) is 24.2 Å². The smallest absolute Gasteiger partial charge is 0.315 e. The molecule has 2 unspecified atom stereocenters. The second-order valence-corrected chi connectivity index (χ2v) is 7.28. The van der Waals surface area contributed by atoms with Crippen LogP contribution in [-0.2, 0) is 13.1 Å². The van der Waals surface area contributed by atoms with Gasteiger partial charge in [0, 0.05) is 38.3 Å². The lowest BCUT2D eigenvalue weighted by Gasteiger charge is -2.35. The van der Waals surface area contributed by atoms with Crippen molar-refractivity contribution in [3.05, 3.63) is 60.1 Å². The molecule has 1 aromatic carbocycles. The molecule has 2 saturated heterocycles. The molecule has 3 N–H and O–H groups in total. The van der Waals surface area contributed by atoms with Gasteiger partial charge in [0.15, 0.2) is 5.76 Å². The van der Waals surface area contributed by atoms with Gasteiger partial charge in [-0.25, -0.2) is 4.79 Å². The van der Waals surface area contributed by atoms with Crippen molar-refractivity contribution in [3.63, 3.8) is 0 Å². The van der Waals surface area contributed by atoms with Crippen LogP contribution in [0.25, 0.3) is 0 Å². The first kappa shape index (κ1) is 16.2. The number of furan rings is 1. The van der Waals surface area contributed by atoms with Crippen molar-refractivity contribution >= 4 is 6.03 Å². The second-order valence-electron chi connectivity index (χ2n) is 7.28. The quantitative estimate of drug-likeness (QED) is 0.778. The second kappa shape index (κ2) is 7.31. The molecular weight excluding hydrogens is 314 g/mol. The van der Waals surface area contributed by atoms with Gasteiger partial charge in [0.05, 0.1) is 18.3 Å². The van der Waals surface area contributed by atoms with E-state index in [1.807, 2.05) is 36.4 Å². The first-order valence-corrected chi connectivity index (χ1v) is 9.24. The molecule has 2 fully saturated rings. The van der Waals surface area contributed by atoms with E-state index in [2.05, 4.69) is 16.7 Å². The third kappa shape index (κ3) is 3.87. The minimum atomic E-state index is -0.0530. The minimum absolute atomic E-state index is 0.0530. The highest BCUT2D eigenvalue weighted by molar-refractivity contribution is 5.74. The van der Waals surface area contributed by atoms with Gasteiger partial charge < -0.3 is 20.0 Å². The van der Waals surface area contributed by atoms with Crippen LogP contribution in [0.15, 0.2) is 53.1 Å². The molecule has 5 nitrogen and oxygen atoms in total. The third-order valence-electron chi connectivity index (χ3n) is 5.64. The number of piperidine rings is 1. The zero-order valence-corrected chi connectivity index (χ0v) is 14.4. The summed E-state index contributed by atoms with van der Waals surface area (Å²) in [6.07, 6.45) is 6.38. The standard InChI is InChI=1S/C20H25N3O2/c24-20(21-13-15-5-2-1-3-6-15)22-16-11-17-8-9-18(12-16)23(17)14-19-7-4-10-25-19/h1-7,10,16-18H,8-9,11-14H2,(H2,21,22,24)/p+1/t16?,17-,18+. The van der Waals surface area contributed by atoms with Gasteiger partial charge in [-0.1, -0.05) is 30.3 Å². The van der Waals surface area contributed by atoms with Crippen LogP contribution in [0.4, 0.5) is 4.79 Å². The molecule has 0 aliphatic carbocycles. The van der Waals surface area contributed by atoms with E-state index >= 15 is 0 Å². The summed E-state index contributed by atoms with van der Waals surface area (Å²) in [5.41, 5.74) is 1.12. The maximum atomic E-state index is 12.2. The largest absolute Gasteiger partial charge is 0.463 e. The Morgan fingerprint density at radius 3 is 2.52 bits per heavy atom. The molecule has 25 heavy (non-hydrogen) atoms. The molecule has 2 aliphatic heterocycles. The molecule has 4 atom stereocenters. The summed E-state index contributed by atoms with van der Waals surface area (Å²) in [6, 6.07) is 15.5. The number of rotatable bonds is 5. The maximum absolute atomic E-state index is 12.2. The van der Waals surface area contributed by atoms with Gasteiger partial charge >= 0.3 is 6.03 Å². The first-order valence-electron chi connectivity index (χ1n) is 9.24. The number of benzene rings is 1. The maximum Gasteiger partial charge on any atom is 0.315 e. The molecule has 2 aromatic rings. The van der Waals surface area contributed by atoms with Gasteiger partial charge in [0.2, 0.25) is 0 Å². The number of amides is 2. The lowest BCUT2D eigenvalue weighted by Crippen LogP contribution is -3.17. The number of hydrogen-bond acceptors (Lipinski definition) is 2. The van der Waals surface area contributed by atoms with Gasteiger partial charge in [-0.3, -0.25) is 0 Å². The van der Waals surface area contributed by atoms with Crippen LogP contribution in [0, 0.1) is 0 Å². The van der Waals surface area contributed by atoms with Crippen LogP contribution in [0.5, 0.6) is 0 Å². The summed E-state index contributed by atoms with van der Waals surface area (Å²) >= 11 is 0. The molecule has 0 radical (unpaired) electrons. The van der Waals surface area contributed by atoms with Crippen molar-refractivity contribution in [1.29, 1.82) is 0 Å². The Bertz CT molecular complexity index is 672. The van der Waals surface area contributed by atoms with Crippen LogP contribution >= 0.6 is 0 Å². The lowest BCUT2D eigenvalue weighted by atomic mass is 9.97. The van der Waals surface area contributed by atoms with Crippen LogP contribution in [0.3, 0.4) is 0 Å². The van der Waals surface area contributed by atoms with E-state index < -0.39 is 0 Å². The van der Waals surface area contributed by atoms with Gasteiger partial charge in [0.25, 0.3) is 0 Å². The van der Waals surface area contributed by atoms with Crippen molar-refractivity contribution in [2.75, 3.05) is 0 Å². The molecule has 5 heteroatoms. The highest BCUT2D eigenvalue weighted by Gasteiger charge is 2.45. The fourth-order valence-electron chi connectivity index (χ4n) is 4.46. The van der Waals surface area contributed by atoms with E-state index in [1.54, 1.807) is 11.2 Å². The highest BCUT2D eigenvalue weighted by Crippen LogP contribution is 2.23. The lowest BCUT2D eigenvalue weighted by molar-refractivity contribution is -0.955. The summed E-state index contributed by atoms with van der Waals surface area (Å²) in [5.74, 6) is 1.07. The molecule has 0 spiro atoms. The van der Waals surface area contributed by atoms with Gasteiger partial charge in [-0.15, -0.1) is 0 Å². The average Bonchev–Trinajstić information content (AvgIpc) is 3.21. The minimum Gasteiger partial charge on any atom is -0.463 e. The highest BCUT2D eigenvalue weighted by atomic mass is 16.3. The Kier molecular flexibility index (Phi) is 4.74. The number of fused-ring (bicyclic) bond motifs is 2. The summed E-state index contributed by atoms with van der Waals surface area (Å²) in [6.45, 7) is 1.54. The van der Waals surface area contributed by atoms with E-state index in [1.165, 1.54) is 12.8 Å². The fraction of sp³-hybridized carbons (Fsp3) is 0.450. The predicted octanol–water partition coefficient (Wildman–Crippen LogP) is 1.86. The molecule has 2 aliphatic rings. The number of urea groups is 1. The van der Waals surface area contributed by atoms with Gasteiger partial charge in [-0.2, -0.15) is 0 Å². The Balaban J connectivity index is 1.27. The van der Waals surface area contributed by atoms with E-state index in [-0.39, 0.29) is 12.1 Å². The first-order chi connectivity index (χ1) is 12.3. The molecule has 1 aromatic heterocycles. The number of carbonyl (C=O) groups is 1. The normalized spacial score (nSPS) is 27.8. The Morgan fingerprint density at radius 1 is 1.08 bits per heavy atom. The van der Waals surface area contributed by atoms with Crippen molar-refractivity contribution in [2.45, 2.75) is 56.9 Å². The SMILES string of the molecule is O=C(NCc1ccccc1)NC1C[C@H]2CC[C@@H](C1)[NH+]2Cc1ccco1. The fourth-order valence-corrected chi connectivity index (χ4v) is 4.46. The van der Waals surface area contributed by atoms with E-state index in [4.69, 9.17) is 4.42 Å². The number of nitrogens with one attached hydrogen (secondary N) is 3. The van der Waals surface area contributed by atoms with Crippen LogP contribution in [0.2, 0.25) is 0 Å². The van der Waals surface area contributed by atoms with Crippen molar-refractivity contribution in [1.82, 2.24) is 10.6 Å². The van der Waals surface area contributed by atoms with Crippen molar-refractivity contribution in [2.24, 2.45) is 0 Å². The zero-order valence-electron chi connectivity index (χ0n) is 14.4. The molecule has 0 saturated carbocycles. The molecule has 2 amide bonds. The van der Waals surface area contributed by atoms with Crippen molar-refractivity contribution < 1.29 is 14.1 Å².